The van der Waals surface area contributed by atoms with Gasteiger partial charge in [0.05, 0.1) is 18.4 Å². The van der Waals surface area contributed by atoms with Crippen LogP contribution in [0.3, 0.4) is 0 Å². The number of benzene rings is 3. The maximum absolute atomic E-state index is 13.7. The van der Waals surface area contributed by atoms with Crippen molar-refractivity contribution in [3.8, 4) is 5.75 Å². The Hall–Kier alpha value is -3.86. The number of unbranched alkanes of at least 4 members (excludes halogenated alkanes) is 1. The first kappa shape index (κ1) is 23.3. The molecule has 174 valence electrons. The first-order valence-electron chi connectivity index (χ1n) is 11.6. The molecule has 0 bridgehead atoms. The highest BCUT2D eigenvalue weighted by Gasteiger charge is 2.40. The minimum Gasteiger partial charge on any atom is -0.497 e. The van der Waals surface area contributed by atoms with Gasteiger partial charge in [0.15, 0.2) is 0 Å². The largest absolute Gasteiger partial charge is 0.497 e. The second-order valence-corrected chi connectivity index (χ2v) is 8.57. The molecule has 5 nitrogen and oxygen atoms in total. The third kappa shape index (κ3) is 4.46. The molecule has 1 N–H and O–H groups in total. The summed E-state index contributed by atoms with van der Waals surface area (Å²) in [5.41, 5.74) is 5.99. The van der Waals surface area contributed by atoms with E-state index in [-0.39, 0.29) is 17.5 Å². The molecule has 0 unspecified atom stereocenters. The molecule has 4 rings (SSSR count). The van der Waals surface area contributed by atoms with Crippen LogP contribution in [-0.4, -0.2) is 18.9 Å². The van der Waals surface area contributed by atoms with Gasteiger partial charge in [0.25, 0.3) is 11.8 Å². The molecule has 1 aliphatic heterocycles. The predicted molar refractivity (Wildman–Crippen MR) is 137 cm³/mol. The molecule has 5 heteroatoms. The van der Waals surface area contributed by atoms with Crippen LogP contribution >= 0.6 is 0 Å². The van der Waals surface area contributed by atoms with Gasteiger partial charge in [0.1, 0.15) is 11.4 Å². The zero-order valence-electron chi connectivity index (χ0n) is 20.1. The van der Waals surface area contributed by atoms with Gasteiger partial charge >= 0.3 is 0 Å². The first-order chi connectivity index (χ1) is 16.4. The topological polar surface area (TPSA) is 58.6 Å². The lowest BCUT2D eigenvalue weighted by Crippen LogP contribution is -2.32. The quantitative estimate of drug-likeness (QED) is 0.421. The summed E-state index contributed by atoms with van der Waals surface area (Å²) < 4.78 is 5.27. The zero-order chi connectivity index (χ0) is 24.2. The number of nitrogens with one attached hydrogen (secondary N) is 1. The molecule has 1 aliphatic rings. The second kappa shape index (κ2) is 9.96. The third-order valence-corrected chi connectivity index (χ3v) is 6.34. The van der Waals surface area contributed by atoms with Gasteiger partial charge in [-0.2, -0.15) is 0 Å². The Morgan fingerprint density at radius 2 is 1.59 bits per heavy atom. The van der Waals surface area contributed by atoms with E-state index in [1.807, 2.05) is 68.4 Å². The summed E-state index contributed by atoms with van der Waals surface area (Å²) >= 11 is 0. The highest BCUT2D eigenvalue weighted by molar-refractivity contribution is 6.46. The van der Waals surface area contributed by atoms with E-state index in [9.17, 15) is 9.59 Å². The van der Waals surface area contributed by atoms with Gasteiger partial charge in [-0.1, -0.05) is 49.7 Å². The van der Waals surface area contributed by atoms with Crippen LogP contribution < -0.4 is 15.0 Å². The lowest BCUT2D eigenvalue weighted by molar-refractivity contribution is -0.120. The number of methoxy groups -OCH3 is 1. The Balaban J connectivity index is 1.75. The van der Waals surface area contributed by atoms with E-state index in [0.717, 1.165) is 36.1 Å². The summed E-state index contributed by atoms with van der Waals surface area (Å²) in [7, 11) is 1.60. The van der Waals surface area contributed by atoms with Gasteiger partial charge in [-0.25, -0.2) is 4.90 Å². The van der Waals surface area contributed by atoms with Crippen LogP contribution in [0.2, 0.25) is 0 Å². The van der Waals surface area contributed by atoms with Crippen LogP contribution in [0.15, 0.2) is 72.4 Å². The maximum Gasteiger partial charge on any atom is 0.282 e. The summed E-state index contributed by atoms with van der Waals surface area (Å²) in [6, 6.07) is 20.8. The highest BCUT2D eigenvalue weighted by Crippen LogP contribution is 2.35. The molecule has 2 amide bonds. The molecular formula is C29H30N2O3. The van der Waals surface area contributed by atoms with E-state index >= 15 is 0 Å². The van der Waals surface area contributed by atoms with Gasteiger partial charge in [-0.15, -0.1) is 0 Å². The van der Waals surface area contributed by atoms with Gasteiger partial charge in [-0.3, -0.25) is 9.59 Å². The normalized spacial score (nSPS) is 13.6. The standard InChI is InChI=1S/C29H30N2O3/c1-5-6-9-21-11-15-23(16-12-21)31-28(32)26(22-13-17-24(34-4)18-14-22)27(29(31)33)30-25-10-7-8-19(2)20(25)3/h7-8,10-18,30H,5-6,9H2,1-4H3. The highest BCUT2D eigenvalue weighted by atomic mass is 16.5. The van der Waals surface area contributed by atoms with E-state index in [4.69, 9.17) is 4.74 Å². The van der Waals surface area contributed by atoms with E-state index in [2.05, 4.69) is 12.2 Å². The lowest BCUT2D eigenvalue weighted by atomic mass is 10.0. The molecule has 0 aromatic heterocycles. The van der Waals surface area contributed by atoms with Crippen LogP contribution in [0.25, 0.3) is 5.57 Å². The number of hydrogen-bond donors (Lipinski definition) is 1. The van der Waals surface area contributed by atoms with Crippen LogP contribution in [0.1, 0.15) is 42.0 Å². The molecule has 0 spiro atoms. The minimum absolute atomic E-state index is 0.277. The Labute approximate surface area is 201 Å². The third-order valence-electron chi connectivity index (χ3n) is 6.34. The Morgan fingerprint density at radius 3 is 2.24 bits per heavy atom. The molecule has 3 aromatic carbocycles. The predicted octanol–water partition coefficient (Wildman–Crippen LogP) is 6.05. The monoisotopic (exact) mass is 454 g/mol. The maximum atomic E-state index is 13.7. The molecule has 34 heavy (non-hydrogen) atoms. The van der Waals surface area contributed by atoms with Crippen molar-refractivity contribution in [1.29, 1.82) is 0 Å². The minimum atomic E-state index is -0.363. The Kier molecular flexibility index (Phi) is 6.82. The SMILES string of the molecule is CCCCc1ccc(N2C(=O)C(Nc3cccc(C)c3C)=C(c3ccc(OC)cc3)C2=O)cc1. The Bertz CT molecular complexity index is 1240. The van der Waals surface area contributed by atoms with Gasteiger partial charge < -0.3 is 10.1 Å². The number of aryl methyl sites for hydroxylation is 2. The number of hydrogen-bond acceptors (Lipinski definition) is 4. The fraction of sp³-hybridized carbons (Fsp3) is 0.241. The number of imide groups is 1. The molecule has 0 fully saturated rings. The van der Waals surface area contributed by atoms with Gasteiger partial charge in [0, 0.05) is 5.69 Å². The molecule has 1 heterocycles. The van der Waals surface area contributed by atoms with Crippen molar-refractivity contribution in [2.75, 3.05) is 17.3 Å². The number of ether oxygens (including phenoxy) is 1. The van der Waals surface area contributed by atoms with Crippen LogP contribution in [0, 0.1) is 13.8 Å². The molecule has 0 saturated heterocycles. The summed E-state index contributed by atoms with van der Waals surface area (Å²) in [6.07, 6.45) is 3.20. The zero-order valence-corrected chi connectivity index (χ0v) is 20.1. The van der Waals surface area contributed by atoms with E-state index in [1.165, 1.54) is 10.5 Å². The van der Waals surface area contributed by atoms with Crippen molar-refractivity contribution in [2.45, 2.75) is 40.0 Å². The van der Waals surface area contributed by atoms with Crippen molar-refractivity contribution < 1.29 is 14.3 Å². The Morgan fingerprint density at radius 1 is 0.882 bits per heavy atom. The van der Waals surface area contributed by atoms with Gasteiger partial charge in [-0.05, 0) is 79.3 Å². The first-order valence-corrected chi connectivity index (χ1v) is 11.6. The van der Waals surface area contributed by atoms with E-state index in [0.29, 0.717) is 22.6 Å². The number of carbonyl (C=O) groups is 2. The molecular weight excluding hydrogens is 424 g/mol. The molecule has 0 aliphatic carbocycles. The van der Waals surface area contributed by atoms with Crippen LogP contribution in [-0.2, 0) is 16.0 Å². The number of carbonyl (C=O) groups excluding carboxylic acids is 2. The number of rotatable bonds is 8. The molecule has 0 radical (unpaired) electrons. The van der Waals surface area contributed by atoms with Crippen molar-refractivity contribution >= 4 is 28.8 Å². The molecule has 3 aromatic rings. The van der Waals surface area contributed by atoms with E-state index < -0.39 is 0 Å². The van der Waals surface area contributed by atoms with Crippen molar-refractivity contribution in [3.63, 3.8) is 0 Å². The van der Waals surface area contributed by atoms with Gasteiger partial charge in [0.2, 0.25) is 0 Å². The average molecular weight is 455 g/mol. The average Bonchev–Trinajstić information content (AvgIpc) is 3.10. The van der Waals surface area contributed by atoms with Crippen molar-refractivity contribution in [3.05, 3.63) is 94.7 Å². The fourth-order valence-electron chi connectivity index (χ4n) is 4.12. The smallest absolute Gasteiger partial charge is 0.282 e. The van der Waals surface area contributed by atoms with Crippen molar-refractivity contribution in [1.82, 2.24) is 0 Å². The van der Waals surface area contributed by atoms with Crippen LogP contribution in [0.4, 0.5) is 11.4 Å². The second-order valence-electron chi connectivity index (χ2n) is 8.57. The summed E-state index contributed by atoms with van der Waals surface area (Å²) in [5.74, 6) is -0.0213. The summed E-state index contributed by atoms with van der Waals surface area (Å²) in [6.45, 7) is 6.18. The van der Waals surface area contributed by atoms with Crippen molar-refractivity contribution in [2.24, 2.45) is 0 Å². The summed E-state index contributed by atoms with van der Waals surface area (Å²) in [4.78, 5) is 28.6. The summed E-state index contributed by atoms with van der Waals surface area (Å²) in [5, 5.41) is 3.28. The lowest BCUT2D eigenvalue weighted by Gasteiger charge is -2.16. The van der Waals surface area contributed by atoms with Crippen LogP contribution in [0.5, 0.6) is 5.75 Å². The number of anilines is 2. The van der Waals surface area contributed by atoms with E-state index in [1.54, 1.807) is 19.2 Å². The fourth-order valence-corrected chi connectivity index (χ4v) is 4.12. The number of nitrogens with zero attached hydrogens (tertiary/aromatic N) is 1. The molecule has 0 saturated carbocycles. The molecule has 0 atom stereocenters. The number of amides is 2.